The van der Waals surface area contributed by atoms with Crippen molar-refractivity contribution in [2.24, 2.45) is 11.8 Å². The minimum absolute atomic E-state index is 0.176. The van der Waals surface area contributed by atoms with Crippen molar-refractivity contribution < 1.29 is 9.84 Å². The van der Waals surface area contributed by atoms with Crippen molar-refractivity contribution in [2.45, 2.75) is 57.8 Å². The highest BCUT2D eigenvalue weighted by atomic mass is 16.5. The van der Waals surface area contributed by atoms with Crippen LogP contribution in [0.3, 0.4) is 0 Å². The zero-order valence-electron chi connectivity index (χ0n) is 12.0. The van der Waals surface area contributed by atoms with Gasteiger partial charge in [0.05, 0.1) is 18.3 Å². The molecule has 1 aromatic carbocycles. The van der Waals surface area contributed by atoms with Gasteiger partial charge in [-0.15, -0.1) is 0 Å². The van der Waals surface area contributed by atoms with Crippen molar-refractivity contribution in [3.8, 4) is 0 Å². The van der Waals surface area contributed by atoms with Gasteiger partial charge in [-0.25, -0.2) is 0 Å². The van der Waals surface area contributed by atoms with Crippen LogP contribution in [0.15, 0.2) is 24.3 Å². The number of fused-ring (bicyclic) bond motifs is 1. The normalized spacial score (nSPS) is 38.6. The van der Waals surface area contributed by atoms with Gasteiger partial charge < -0.3 is 9.84 Å². The van der Waals surface area contributed by atoms with Gasteiger partial charge in [0, 0.05) is 5.92 Å². The number of hydrogen-bond donors (Lipinski definition) is 1. The number of ether oxygens (including phenoxy) is 1. The Labute approximate surface area is 115 Å². The summed E-state index contributed by atoms with van der Waals surface area (Å²) in [6.45, 7) is 6.42. The van der Waals surface area contributed by atoms with Crippen LogP contribution in [0.5, 0.6) is 0 Å². The van der Waals surface area contributed by atoms with E-state index in [0.29, 0.717) is 11.8 Å². The molecule has 0 saturated carbocycles. The Bertz CT molecular complexity index is 456. The van der Waals surface area contributed by atoms with E-state index in [2.05, 4.69) is 45.0 Å². The predicted octanol–water partition coefficient (Wildman–Crippen LogP) is 3.14. The first-order valence-electron chi connectivity index (χ1n) is 7.49. The lowest BCUT2D eigenvalue weighted by molar-refractivity contribution is 0.0179. The molecule has 1 fully saturated rings. The summed E-state index contributed by atoms with van der Waals surface area (Å²) in [4.78, 5) is 0. The van der Waals surface area contributed by atoms with Crippen LogP contribution in [-0.4, -0.2) is 23.4 Å². The molecule has 0 spiro atoms. The fourth-order valence-corrected chi connectivity index (χ4v) is 3.98. The fraction of sp³-hybridized carbons (Fsp3) is 0.647. The molecule has 3 rings (SSSR count). The molecule has 19 heavy (non-hydrogen) atoms. The van der Waals surface area contributed by atoms with Crippen LogP contribution in [0.1, 0.15) is 44.2 Å². The maximum absolute atomic E-state index is 10.6. The van der Waals surface area contributed by atoms with Crippen LogP contribution in [0, 0.1) is 11.8 Å². The van der Waals surface area contributed by atoms with Gasteiger partial charge in [-0.2, -0.15) is 0 Å². The SMILES string of the molecule is CC1OC(C)C(C(O)CC2Cc3ccccc32)C1C. The molecular formula is C17H24O2. The molecule has 0 aromatic heterocycles. The molecule has 1 heterocycles. The largest absolute Gasteiger partial charge is 0.393 e. The average Bonchev–Trinajstić information content (AvgIpc) is 2.60. The first-order chi connectivity index (χ1) is 9.08. The van der Waals surface area contributed by atoms with Gasteiger partial charge in [0.2, 0.25) is 0 Å². The molecule has 1 N–H and O–H groups in total. The lowest BCUT2D eigenvalue weighted by atomic mass is 9.72. The van der Waals surface area contributed by atoms with Crippen LogP contribution in [0.25, 0.3) is 0 Å². The summed E-state index contributed by atoms with van der Waals surface area (Å²) in [7, 11) is 0. The third-order valence-corrected chi connectivity index (χ3v) is 5.25. The Balaban J connectivity index is 1.65. The van der Waals surface area contributed by atoms with E-state index in [1.54, 1.807) is 0 Å². The van der Waals surface area contributed by atoms with Crippen molar-refractivity contribution in [2.75, 3.05) is 0 Å². The van der Waals surface area contributed by atoms with E-state index in [4.69, 9.17) is 4.74 Å². The highest BCUT2D eigenvalue weighted by Gasteiger charge is 2.42. The second kappa shape index (κ2) is 4.92. The van der Waals surface area contributed by atoms with Crippen LogP contribution in [0.2, 0.25) is 0 Å². The van der Waals surface area contributed by atoms with E-state index in [1.807, 2.05) is 0 Å². The van der Waals surface area contributed by atoms with Gasteiger partial charge in [-0.05, 0) is 49.7 Å². The lowest BCUT2D eigenvalue weighted by Crippen LogP contribution is -2.34. The van der Waals surface area contributed by atoms with Gasteiger partial charge in [0.1, 0.15) is 0 Å². The van der Waals surface area contributed by atoms with E-state index in [0.717, 1.165) is 12.8 Å². The summed E-state index contributed by atoms with van der Waals surface area (Å²) in [6.07, 6.45) is 2.21. The minimum atomic E-state index is -0.242. The molecule has 104 valence electrons. The third-order valence-electron chi connectivity index (χ3n) is 5.25. The van der Waals surface area contributed by atoms with Gasteiger partial charge >= 0.3 is 0 Å². The van der Waals surface area contributed by atoms with Gasteiger partial charge in [-0.3, -0.25) is 0 Å². The van der Waals surface area contributed by atoms with Crippen molar-refractivity contribution >= 4 is 0 Å². The van der Waals surface area contributed by atoms with Crippen LogP contribution in [0.4, 0.5) is 0 Å². The Morgan fingerprint density at radius 1 is 1.21 bits per heavy atom. The number of aliphatic hydroxyl groups is 1. The van der Waals surface area contributed by atoms with Crippen LogP contribution >= 0.6 is 0 Å². The fourth-order valence-electron chi connectivity index (χ4n) is 3.98. The minimum Gasteiger partial charge on any atom is -0.393 e. The smallest absolute Gasteiger partial charge is 0.0607 e. The van der Waals surface area contributed by atoms with E-state index in [1.165, 1.54) is 11.1 Å². The number of hydrogen-bond acceptors (Lipinski definition) is 2. The molecule has 0 amide bonds. The highest BCUT2D eigenvalue weighted by Crippen LogP contribution is 2.42. The number of aliphatic hydroxyl groups excluding tert-OH is 1. The molecule has 2 nitrogen and oxygen atoms in total. The first-order valence-corrected chi connectivity index (χ1v) is 7.49. The topological polar surface area (TPSA) is 29.5 Å². The van der Waals surface area contributed by atoms with Gasteiger partial charge in [0.25, 0.3) is 0 Å². The van der Waals surface area contributed by atoms with Crippen molar-refractivity contribution in [3.63, 3.8) is 0 Å². The second-order valence-corrected chi connectivity index (χ2v) is 6.39. The third kappa shape index (κ3) is 2.21. The zero-order valence-corrected chi connectivity index (χ0v) is 12.0. The first kappa shape index (κ1) is 13.1. The molecule has 1 saturated heterocycles. The standard InChI is InChI=1S/C17H24O2/c1-10-11(2)19-12(3)17(10)16(18)9-14-8-13-6-4-5-7-15(13)14/h4-7,10-12,14,16-18H,8-9H2,1-3H3. The molecule has 1 aliphatic carbocycles. The monoisotopic (exact) mass is 260 g/mol. The van der Waals surface area contributed by atoms with E-state index < -0.39 is 0 Å². The van der Waals surface area contributed by atoms with Crippen LogP contribution < -0.4 is 0 Å². The zero-order chi connectivity index (χ0) is 13.6. The predicted molar refractivity (Wildman–Crippen MR) is 76.2 cm³/mol. The Hall–Kier alpha value is -0.860. The quantitative estimate of drug-likeness (QED) is 0.904. The average molecular weight is 260 g/mol. The van der Waals surface area contributed by atoms with Crippen molar-refractivity contribution in [1.29, 1.82) is 0 Å². The molecule has 1 aliphatic heterocycles. The summed E-state index contributed by atoms with van der Waals surface area (Å²) in [6, 6.07) is 8.60. The summed E-state index contributed by atoms with van der Waals surface area (Å²) in [5.74, 6) is 1.27. The number of benzene rings is 1. The van der Waals surface area contributed by atoms with E-state index in [-0.39, 0.29) is 24.2 Å². The Morgan fingerprint density at radius 2 is 1.95 bits per heavy atom. The number of rotatable bonds is 3. The molecule has 2 heteroatoms. The molecular weight excluding hydrogens is 236 g/mol. The van der Waals surface area contributed by atoms with Crippen LogP contribution in [-0.2, 0) is 11.2 Å². The molecule has 6 atom stereocenters. The van der Waals surface area contributed by atoms with Crippen molar-refractivity contribution in [3.05, 3.63) is 35.4 Å². The Kier molecular flexibility index (Phi) is 3.40. The van der Waals surface area contributed by atoms with E-state index >= 15 is 0 Å². The molecule has 1 aromatic rings. The van der Waals surface area contributed by atoms with Gasteiger partial charge in [-0.1, -0.05) is 31.2 Å². The molecule has 2 aliphatic rings. The second-order valence-electron chi connectivity index (χ2n) is 6.39. The maximum Gasteiger partial charge on any atom is 0.0607 e. The Morgan fingerprint density at radius 3 is 2.58 bits per heavy atom. The highest BCUT2D eigenvalue weighted by molar-refractivity contribution is 5.39. The summed E-state index contributed by atoms with van der Waals surface area (Å²) in [5.41, 5.74) is 2.89. The molecule has 0 radical (unpaired) electrons. The maximum atomic E-state index is 10.6. The summed E-state index contributed by atoms with van der Waals surface area (Å²) >= 11 is 0. The van der Waals surface area contributed by atoms with Gasteiger partial charge in [0.15, 0.2) is 0 Å². The summed E-state index contributed by atoms with van der Waals surface area (Å²) in [5, 5.41) is 10.6. The lowest BCUT2D eigenvalue weighted by Gasteiger charge is -2.34. The molecule has 0 bridgehead atoms. The van der Waals surface area contributed by atoms with Crippen molar-refractivity contribution in [1.82, 2.24) is 0 Å². The summed E-state index contributed by atoms with van der Waals surface area (Å²) < 4.78 is 5.85. The molecule has 6 unspecified atom stereocenters. The van der Waals surface area contributed by atoms with E-state index in [9.17, 15) is 5.11 Å².